The predicted molar refractivity (Wildman–Crippen MR) is 78.0 cm³/mol. The molecular formula is C15H19ClN2O. The van der Waals surface area contributed by atoms with E-state index < -0.39 is 0 Å². The van der Waals surface area contributed by atoms with Crippen molar-refractivity contribution in [3.8, 4) is 0 Å². The van der Waals surface area contributed by atoms with Gasteiger partial charge in [0.25, 0.3) is 0 Å². The molecule has 0 N–H and O–H groups in total. The van der Waals surface area contributed by atoms with Crippen molar-refractivity contribution >= 4 is 22.6 Å². The first kappa shape index (κ1) is 12.9. The summed E-state index contributed by atoms with van der Waals surface area (Å²) in [5.74, 6) is 1.67. The number of fused-ring (bicyclic) bond motifs is 1. The maximum atomic E-state index is 5.94. The molecule has 1 aromatic heterocycles. The lowest BCUT2D eigenvalue weighted by Gasteiger charge is -2.27. The van der Waals surface area contributed by atoms with Crippen LogP contribution in [-0.2, 0) is 16.7 Å². The van der Waals surface area contributed by atoms with Crippen LogP contribution in [0.15, 0.2) is 18.2 Å². The summed E-state index contributed by atoms with van der Waals surface area (Å²) in [6, 6.07) is 6.28. The topological polar surface area (TPSA) is 27.1 Å². The minimum absolute atomic E-state index is 0.00224. The first-order valence-electron chi connectivity index (χ1n) is 6.77. The maximum absolute atomic E-state index is 5.94. The minimum atomic E-state index is 0.00224. The molecule has 2 aromatic rings. The number of ether oxygens (including phenoxy) is 1. The van der Waals surface area contributed by atoms with Crippen LogP contribution in [0.25, 0.3) is 11.0 Å². The van der Waals surface area contributed by atoms with Crippen molar-refractivity contribution in [3.63, 3.8) is 0 Å². The molecule has 1 atom stereocenters. The smallest absolute Gasteiger partial charge is 0.111 e. The molecule has 0 saturated carbocycles. The fourth-order valence-electron chi connectivity index (χ4n) is 3.01. The number of para-hydroxylation sites is 1. The minimum Gasteiger partial charge on any atom is -0.379 e. The van der Waals surface area contributed by atoms with Crippen LogP contribution in [0.1, 0.15) is 24.7 Å². The predicted octanol–water partition coefficient (Wildman–Crippen LogP) is 3.26. The summed E-state index contributed by atoms with van der Waals surface area (Å²) in [5.41, 5.74) is 3.56. The molecule has 0 spiro atoms. The van der Waals surface area contributed by atoms with E-state index in [9.17, 15) is 0 Å². The third-order valence-electron chi connectivity index (χ3n) is 4.00. The Bertz CT molecular complexity index is 599. The van der Waals surface area contributed by atoms with Gasteiger partial charge in [0.1, 0.15) is 5.82 Å². The van der Waals surface area contributed by atoms with Gasteiger partial charge < -0.3 is 9.30 Å². The Morgan fingerprint density at radius 1 is 1.47 bits per heavy atom. The number of nitrogens with zero attached hydrogens (tertiary/aromatic N) is 2. The Hall–Kier alpha value is -1.06. The fourth-order valence-corrected chi connectivity index (χ4v) is 3.18. The highest BCUT2D eigenvalue weighted by atomic mass is 35.5. The molecule has 1 unspecified atom stereocenters. The molecule has 1 saturated heterocycles. The van der Waals surface area contributed by atoms with Gasteiger partial charge in [0.05, 0.1) is 23.2 Å². The zero-order valence-corrected chi connectivity index (χ0v) is 12.2. The van der Waals surface area contributed by atoms with Gasteiger partial charge in [-0.05, 0) is 31.9 Å². The number of imidazole rings is 1. The summed E-state index contributed by atoms with van der Waals surface area (Å²) in [7, 11) is 0. The van der Waals surface area contributed by atoms with Crippen LogP contribution < -0.4 is 0 Å². The summed E-state index contributed by atoms with van der Waals surface area (Å²) < 4.78 is 7.99. The van der Waals surface area contributed by atoms with E-state index in [0.717, 1.165) is 37.4 Å². The third kappa shape index (κ3) is 2.05. The van der Waals surface area contributed by atoms with E-state index in [1.54, 1.807) is 0 Å². The lowest BCUT2D eigenvalue weighted by atomic mass is 10.00. The second-order valence-corrected chi connectivity index (χ2v) is 5.92. The van der Waals surface area contributed by atoms with Crippen LogP contribution in [0.4, 0.5) is 0 Å². The molecular weight excluding hydrogens is 260 g/mol. The van der Waals surface area contributed by atoms with Crippen molar-refractivity contribution in [2.45, 2.75) is 32.2 Å². The normalized spacial score (nSPS) is 23.3. The van der Waals surface area contributed by atoms with Gasteiger partial charge in [-0.1, -0.05) is 12.1 Å². The molecule has 2 heterocycles. The molecule has 1 aliphatic heterocycles. The van der Waals surface area contributed by atoms with Crippen molar-refractivity contribution < 1.29 is 4.74 Å². The maximum Gasteiger partial charge on any atom is 0.111 e. The van der Waals surface area contributed by atoms with Gasteiger partial charge in [-0.2, -0.15) is 0 Å². The van der Waals surface area contributed by atoms with Gasteiger partial charge >= 0.3 is 0 Å². The Kier molecular flexibility index (Phi) is 3.27. The van der Waals surface area contributed by atoms with Crippen LogP contribution >= 0.6 is 11.6 Å². The number of hydrogen-bond donors (Lipinski definition) is 0. The largest absolute Gasteiger partial charge is 0.379 e. The Labute approximate surface area is 118 Å². The average molecular weight is 279 g/mol. The van der Waals surface area contributed by atoms with E-state index in [4.69, 9.17) is 21.3 Å². The Balaban J connectivity index is 2.27. The van der Waals surface area contributed by atoms with Crippen LogP contribution in [0.5, 0.6) is 0 Å². The average Bonchev–Trinajstić information content (AvgIpc) is 2.95. The zero-order valence-electron chi connectivity index (χ0n) is 11.4. The zero-order chi connectivity index (χ0) is 13.5. The van der Waals surface area contributed by atoms with Crippen molar-refractivity contribution in [1.29, 1.82) is 0 Å². The van der Waals surface area contributed by atoms with E-state index in [2.05, 4.69) is 36.6 Å². The second kappa shape index (κ2) is 4.80. The van der Waals surface area contributed by atoms with Gasteiger partial charge in [-0.15, -0.1) is 11.6 Å². The van der Waals surface area contributed by atoms with Gasteiger partial charge in [0, 0.05) is 18.9 Å². The van der Waals surface area contributed by atoms with Gasteiger partial charge in [-0.25, -0.2) is 4.98 Å². The summed E-state index contributed by atoms with van der Waals surface area (Å²) in [6.07, 6.45) is 1.83. The quantitative estimate of drug-likeness (QED) is 0.806. The number of hydrogen-bond acceptors (Lipinski definition) is 2. The number of aryl methyl sites for hydroxylation is 2. The van der Waals surface area contributed by atoms with Gasteiger partial charge in [-0.3, -0.25) is 0 Å². The van der Waals surface area contributed by atoms with Crippen LogP contribution in [0, 0.1) is 6.92 Å². The highest BCUT2D eigenvalue weighted by molar-refractivity contribution is 6.17. The first-order chi connectivity index (χ1) is 9.15. The Morgan fingerprint density at radius 2 is 2.32 bits per heavy atom. The Morgan fingerprint density at radius 3 is 3.00 bits per heavy atom. The first-order valence-corrected chi connectivity index (χ1v) is 7.30. The molecule has 1 fully saturated rings. The molecule has 1 aliphatic rings. The highest BCUT2D eigenvalue weighted by Crippen LogP contribution is 2.33. The molecule has 0 amide bonds. The molecule has 102 valence electrons. The number of benzene rings is 1. The lowest BCUT2D eigenvalue weighted by molar-refractivity contribution is 0.162. The fraction of sp³-hybridized carbons (Fsp3) is 0.533. The monoisotopic (exact) mass is 278 g/mol. The van der Waals surface area contributed by atoms with E-state index in [-0.39, 0.29) is 5.54 Å². The van der Waals surface area contributed by atoms with Crippen LogP contribution in [0.2, 0.25) is 0 Å². The van der Waals surface area contributed by atoms with Gasteiger partial charge in [0.2, 0.25) is 0 Å². The van der Waals surface area contributed by atoms with Crippen LogP contribution in [-0.4, -0.2) is 28.6 Å². The van der Waals surface area contributed by atoms with Crippen molar-refractivity contribution in [2.24, 2.45) is 0 Å². The summed E-state index contributed by atoms with van der Waals surface area (Å²) in [6.45, 7) is 5.97. The SMILES string of the molecule is Cc1cccc2nc(CCCl)n(C3(C)CCOC3)c12. The van der Waals surface area contributed by atoms with Crippen LogP contribution in [0.3, 0.4) is 0 Å². The number of rotatable bonds is 3. The summed E-state index contributed by atoms with van der Waals surface area (Å²) in [5, 5.41) is 0. The molecule has 0 radical (unpaired) electrons. The van der Waals surface area contributed by atoms with E-state index >= 15 is 0 Å². The van der Waals surface area contributed by atoms with Gasteiger partial charge in [0.15, 0.2) is 0 Å². The van der Waals surface area contributed by atoms with E-state index in [1.807, 2.05) is 0 Å². The third-order valence-corrected chi connectivity index (χ3v) is 4.19. The standard InChI is InChI=1S/C15H19ClN2O/c1-11-4-3-5-12-14(11)18(13(17-12)6-8-16)15(2)7-9-19-10-15/h3-5H,6-10H2,1-2H3. The molecule has 0 bridgehead atoms. The van der Waals surface area contributed by atoms with Crippen molar-refractivity contribution in [1.82, 2.24) is 9.55 Å². The number of alkyl halides is 1. The van der Waals surface area contributed by atoms with Crippen molar-refractivity contribution in [3.05, 3.63) is 29.6 Å². The molecule has 4 heteroatoms. The number of aromatic nitrogens is 2. The van der Waals surface area contributed by atoms with E-state index in [0.29, 0.717) is 5.88 Å². The summed E-state index contributed by atoms with van der Waals surface area (Å²) in [4.78, 5) is 4.78. The number of halogens is 1. The molecule has 1 aromatic carbocycles. The highest BCUT2D eigenvalue weighted by Gasteiger charge is 2.35. The lowest BCUT2D eigenvalue weighted by Crippen LogP contribution is -2.32. The van der Waals surface area contributed by atoms with Crippen molar-refractivity contribution in [2.75, 3.05) is 19.1 Å². The summed E-state index contributed by atoms with van der Waals surface area (Å²) >= 11 is 5.94. The molecule has 3 nitrogen and oxygen atoms in total. The molecule has 3 rings (SSSR count). The molecule has 19 heavy (non-hydrogen) atoms. The van der Waals surface area contributed by atoms with E-state index in [1.165, 1.54) is 11.1 Å². The second-order valence-electron chi connectivity index (χ2n) is 5.54. The molecule has 0 aliphatic carbocycles.